The molecule has 1 aromatic rings. The first-order valence-corrected chi connectivity index (χ1v) is 6.14. The van der Waals surface area contributed by atoms with E-state index in [4.69, 9.17) is 5.73 Å². The quantitative estimate of drug-likeness (QED) is 0.821. The van der Waals surface area contributed by atoms with Gasteiger partial charge in [-0.25, -0.2) is 0 Å². The van der Waals surface area contributed by atoms with Crippen molar-refractivity contribution in [3.05, 3.63) is 35.4 Å². The van der Waals surface area contributed by atoms with E-state index in [1.807, 2.05) is 32.9 Å². The first-order valence-electron chi connectivity index (χ1n) is 6.14. The highest BCUT2D eigenvalue weighted by Gasteiger charge is 2.11. The number of rotatable bonds is 5. The number of aryl methyl sites for hydroxylation is 1. The minimum atomic E-state index is -0.0415. The lowest BCUT2D eigenvalue weighted by Crippen LogP contribution is -2.32. The van der Waals surface area contributed by atoms with Gasteiger partial charge in [0, 0.05) is 12.5 Å². The largest absolute Gasteiger partial charge is 0.350 e. The van der Waals surface area contributed by atoms with E-state index < -0.39 is 0 Å². The second-order valence-corrected chi connectivity index (χ2v) is 4.57. The highest BCUT2D eigenvalue weighted by Crippen LogP contribution is 2.13. The summed E-state index contributed by atoms with van der Waals surface area (Å²) >= 11 is 0. The van der Waals surface area contributed by atoms with E-state index in [-0.39, 0.29) is 18.0 Å². The van der Waals surface area contributed by atoms with E-state index in [0.717, 1.165) is 12.0 Å². The average Bonchev–Trinajstić information content (AvgIpc) is 2.29. The summed E-state index contributed by atoms with van der Waals surface area (Å²) in [7, 11) is 0. The molecule has 1 amide bonds. The molecule has 3 heteroatoms. The molecule has 3 N–H and O–H groups in total. The molecule has 3 nitrogen and oxygen atoms in total. The van der Waals surface area contributed by atoms with Gasteiger partial charge in [0.25, 0.3) is 0 Å². The Morgan fingerprint density at radius 2 is 1.94 bits per heavy atom. The van der Waals surface area contributed by atoms with Gasteiger partial charge in [-0.15, -0.1) is 0 Å². The van der Waals surface area contributed by atoms with E-state index in [1.165, 1.54) is 5.56 Å². The number of nitrogens with two attached hydrogens (primary N) is 1. The number of carbonyl (C=O) groups is 1. The molecule has 17 heavy (non-hydrogen) atoms. The third kappa shape index (κ3) is 4.57. The van der Waals surface area contributed by atoms with Gasteiger partial charge in [-0.1, -0.05) is 36.8 Å². The lowest BCUT2D eigenvalue weighted by molar-refractivity contribution is -0.122. The van der Waals surface area contributed by atoms with Gasteiger partial charge < -0.3 is 11.1 Å². The Balaban J connectivity index is 2.51. The fraction of sp³-hybridized carbons (Fsp3) is 0.500. The molecule has 0 aliphatic rings. The molecule has 0 aromatic heterocycles. The molecule has 0 saturated carbocycles. The summed E-state index contributed by atoms with van der Waals surface area (Å²) in [5, 5.41) is 2.96. The average molecular weight is 234 g/mol. The molecule has 0 aliphatic carbocycles. The molecule has 1 rings (SSSR count). The molecule has 1 aromatic carbocycles. The Bertz CT molecular complexity index is 359. The van der Waals surface area contributed by atoms with Crippen LogP contribution in [0.3, 0.4) is 0 Å². The normalized spacial score (nSPS) is 14.1. The first kappa shape index (κ1) is 13.7. The molecule has 0 heterocycles. The first-order chi connectivity index (χ1) is 8.02. The lowest BCUT2D eigenvalue weighted by atomic mass is 10.1. The molecular formula is C14H22N2O. The summed E-state index contributed by atoms with van der Waals surface area (Å²) in [5.74, 6) is 0.0208. The molecule has 0 saturated heterocycles. The van der Waals surface area contributed by atoms with Gasteiger partial charge in [0.2, 0.25) is 5.91 Å². The summed E-state index contributed by atoms with van der Waals surface area (Å²) in [5.41, 5.74) is 8.09. The monoisotopic (exact) mass is 234 g/mol. The smallest absolute Gasteiger partial charge is 0.222 e. The van der Waals surface area contributed by atoms with Crippen molar-refractivity contribution in [1.82, 2.24) is 5.32 Å². The van der Waals surface area contributed by atoms with Crippen LogP contribution >= 0.6 is 0 Å². The highest BCUT2D eigenvalue weighted by atomic mass is 16.1. The summed E-state index contributed by atoms with van der Waals surface area (Å²) in [6, 6.07) is 8.18. The predicted molar refractivity (Wildman–Crippen MR) is 70.6 cm³/mol. The van der Waals surface area contributed by atoms with Crippen molar-refractivity contribution >= 4 is 5.91 Å². The van der Waals surface area contributed by atoms with Gasteiger partial charge in [-0.3, -0.25) is 4.79 Å². The topological polar surface area (TPSA) is 55.1 Å². The molecule has 2 atom stereocenters. The van der Waals surface area contributed by atoms with Crippen molar-refractivity contribution in [3.63, 3.8) is 0 Å². The number of amides is 1. The van der Waals surface area contributed by atoms with Gasteiger partial charge in [0.05, 0.1) is 6.04 Å². The van der Waals surface area contributed by atoms with Gasteiger partial charge in [-0.2, -0.15) is 0 Å². The maximum Gasteiger partial charge on any atom is 0.222 e. The van der Waals surface area contributed by atoms with Crippen LogP contribution in [-0.4, -0.2) is 11.9 Å². The summed E-state index contributed by atoms with van der Waals surface area (Å²) in [6.45, 7) is 6.02. The second-order valence-electron chi connectivity index (χ2n) is 4.57. The number of hydrogen-bond donors (Lipinski definition) is 2. The van der Waals surface area contributed by atoms with Crippen LogP contribution in [0.1, 0.15) is 43.9 Å². The van der Waals surface area contributed by atoms with Gasteiger partial charge in [-0.05, 0) is 25.8 Å². The van der Waals surface area contributed by atoms with Gasteiger partial charge in [0.1, 0.15) is 0 Å². The molecule has 94 valence electrons. The SMILES string of the molecule is CCC(N)CC(=O)N[C@@H](C)c1ccc(C)cc1. The van der Waals surface area contributed by atoms with Crippen LogP contribution in [0.15, 0.2) is 24.3 Å². The van der Waals surface area contributed by atoms with E-state index in [9.17, 15) is 4.79 Å². The van der Waals surface area contributed by atoms with Crippen molar-refractivity contribution in [2.24, 2.45) is 5.73 Å². The Kier molecular flexibility index (Phi) is 5.16. The Labute approximate surface area is 103 Å². The summed E-state index contributed by atoms with van der Waals surface area (Å²) < 4.78 is 0. The highest BCUT2D eigenvalue weighted by molar-refractivity contribution is 5.77. The lowest BCUT2D eigenvalue weighted by Gasteiger charge is -2.16. The third-order valence-corrected chi connectivity index (χ3v) is 2.93. The molecule has 0 fully saturated rings. The molecule has 0 spiro atoms. The molecule has 1 unspecified atom stereocenters. The maximum absolute atomic E-state index is 11.7. The molecule has 0 aliphatic heterocycles. The fourth-order valence-electron chi connectivity index (χ4n) is 1.62. The fourth-order valence-corrected chi connectivity index (χ4v) is 1.62. The van der Waals surface area contributed by atoms with Crippen molar-refractivity contribution in [3.8, 4) is 0 Å². The zero-order valence-corrected chi connectivity index (χ0v) is 10.9. The third-order valence-electron chi connectivity index (χ3n) is 2.93. The standard InChI is InChI=1S/C14H22N2O/c1-4-13(15)9-14(17)16-11(3)12-7-5-10(2)6-8-12/h5-8,11,13H,4,9,15H2,1-3H3,(H,16,17)/t11-,13?/m0/s1. The Morgan fingerprint density at radius 3 is 2.47 bits per heavy atom. The summed E-state index contributed by atoms with van der Waals surface area (Å²) in [4.78, 5) is 11.7. The van der Waals surface area contributed by atoms with Crippen molar-refractivity contribution in [1.29, 1.82) is 0 Å². The van der Waals surface area contributed by atoms with E-state index in [2.05, 4.69) is 17.4 Å². The van der Waals surface area contributed by atoms with E-state index >= 15 is 0 Å². The molecule has 0 radical (unpaired) electrons. The van der Waals surface area contributed by atoms with Gasteiger partial charge >= 0.3 is 0 Å². The minimum Gasteiger partial charge on any atom is -0.350 e. The molecule has 0 bridgehead atoms. The number of nitrogens with one attached hydrogen (secondary N) is 1. The van der Waals surface area contributed by atoms with Crippen LogP contribution in [0.2, 0.25) is 0 Å². The van der Waals surface area contributed by atoms with Crippen molar-refractivity contribution in [2.75, 3.05) is 0 Å². The van der Waals surface area contributed by atoms with Crippen LogP contribution in [0.4, 0.5) is 0 Å². The zero-order valence-electron chi connectivity index (χ0n) is 10.9. The Hall–Kier alpha value is -1.35. The molecular weight excluding hydrogens is 212 g/mol. The predicted octanol–water partition coefficient (Wildman–Crippen LogP) is 2.30. The van der Waals surface area contributed by atoms with Crippen LogP contribution in [-0.2, 0) is 4.79 Å². The van der Waals surface area contributed by atoms with Crippen LogP contribution in [0.5, 0.6) is 0 Å². The number of benzene rings is 1. The Morgan fingerprint density at radius 1 is 1.35 bits per heavy atom. The number of carbonyl (C=O) groups excluding carboxylic acids is 1. The maximum atomic E-state index is 11.7. The minimum absolute atomic E-state index is 0.0208. The van der Waals surface area contributed by atoms with Crippen LogP contribution in [0, 0.1) is 6.92 Å². The van der Waals surface area contributed by atoms with Crippen molar-refractivity contribution in [2.45, 2.75) is 45.7 Å². The summed E-state index contributed by atoms with van der Waals surface area (Å²) in [6.07, 6.45) is 1.22. The van der Waals surface area contributed by atoms with E-state index in [0.29, 0.717) is 6.42 Å². The van der Waals surface area contributed by atoms with Crippen molar-refractivity contribution < 1.29 is 4.79 Å². The second kappa shape index (κ2) is 6.40. The van der Waals surface area contributed by atoms with E-state index in [1.54, 1.807) is 0 Å². The van der Waals surface area contributed by atoms with Crippen LogP contribution < -0.4 is 11.1 Å². The zero-order chi connectivity index (χ0) is 12.8. The van der Waals surface area contributed by atoms with Crippen LogP contribution in [0.25, 0.3) is 0 Å². The van der Waals surface area contributed by atoms with Gasteiger partial charge in [0.15, 0.2) is 0 Å². The number of hydrogen-bond acceptors (Lipinski definition) is 2.